The van der Waals surface area contributed by atoms with Gasteiger partial charge in [0.25, 0.3) is 0 Å². The number of hydrogen-bond donors (Lipinski definition) is 1. The lowest BCUT2D eigenvalue weighted by atomic mass is 9.96. The summed E-state index contributed by atoms with van der Waals surface area (Å²) in [6.07, 6.45) is 1.38. The molecule has 1 aliphatic heterocycles. The average molecular weight is 364 g/mol. The van der Waals surface area contributed by atoms with Crippen LogP contribution in [0.4, 0.5) is 5.13 Å². The van der Waals surface area contributed by atoms with E-state index in [2.05, 4.69) is 10.3 Å². The predicted molar refractivity (Wildman–Crippen MR) is 96.2 cm³/mol. The van der Waals surface area contributed by atoms with Gasteiger partial charge in [0.15, 0.2) is 5.13 Å². The Labute approximate surface area is 149 Å². The normalized spacial score (nSPS) is 15.3. The zero-order chi connectivity index (χ0) is 17.1. The molecule has 1 aliphatic rings. The van der Waals surface area contributed by atoms with Crippen LogP contribution in [0, 0.1) is 5.92 Å². The highest BCUT2D eigenvalue weighted by molar-refractivity contribution is 7.14. The molecule has 7 heteroatoms. The lowest BCUT2D eigenvalue weighted by molar-refractivity contribution is -0.132. The largest absolute Gasteiger partial charge is 0.343 e. The van der Waals surface area contributed by atoms with Gasteiger partial charge in [-0.15, -0.1) is 11.3 Å². The van der Waals surface area contributed by atoms with E-state index in [4.69, 9.17) is 11.6 Å². The third kappa shape index (κ3) is 3.76. The van der Waals surface area contributed by atoms with E-state index >= 15 is 0 Å². The molecular formula is C17H18ClN3O2S. The minimum atomic E-state index is -0.0757. The van der Waals surface area contributed by atoms with Crippen LogP contribution in [0.15, 0.2) is 29.6 Å². The molecule has 0 atom stereocenters. The van der Waals surface area contributed by atoms with E-state index in [1.54, 1.807) is 11.8 Å². The molecule has 1 N–H and O–H groups in total. The smallest absolute Gasteiger partial charge is 0.229 e. The van der Waals surface area contributed by atoms with Crippen molar-refractivity contribution in [2.75, 3.05) is 18.4 Å². The Kier molecular flexibility index (Phi) is 5.16. The number of nitrogens with zero attached hydrogens (tertiary/aromatic N) is 2. The molecule has 1 fully saturated rings. The molecule has 2 aromatic rings. The Morgan fingerprint density at radius 3 is 2.67 bits per heavy atom. The van der Waals surface area contributed by atoms with Gasteiger partial charge in [-0.2, -0.15) is 0 Å². The number of nitrogens with one attached hydrogen (secondary N) is 1. The summed E-state index contributed by atoms with van der Waals surface area (Å²) in [5, 5.41) is 5.98. The number of carbonyl (C=O) groups excluding carboxylic acids is 2. The van der Waals surface area contributed by atoms with Crippen LogP contribution in [0.25, 0.3) is 11.3 Å². The monoisotopic (exact) mass is 363 g/mol. The molecule has 24 heavy (non-hydrogen) atoms. The van der Waals surface area contributed by atoms with Gasteiger partial charge in [0.05, 0.1) is 5.69 Å². The zero-order valence-electron chi connectivity index (χ0n) is 13.3. The van der Waals surface area contributed by atoms with Crippen LogP contribution in [0.1, 0.15) is 19.8 Å². The van der Waals surface area contributed by atoms with E-state index in [0.29, 0.717) is 36.1 Å². The van der Waals surface area contributed by atoms with Crippen molar-refractivity contribution in [2.24, 2.45) is 5.92 Å². The van der Waals surface area contributed by atoms with Gasteiger partial charge in [0.2, 0.25) is 11.8 Å². The number of piperidine rings is 1. The number of amides is 2. The maximum absolute atomic E-state index is 12.4. The highest BCUT2D eigenvalue weighted by atomic mass is 35.5. The van der Waals surface area contributed by atoms with E-state index in [0.717, 1.165) is 11.3 Å². The van der Waals surface area contributed by atoms with Gasteiger partial charge in [0.1, 0.15) is 0 Å². The van der Waals surface area contributed by atoms with Crippen LogP contribution in [-0.2, 0) is 9.59 Å². The van der Waals surface area contributed by atoms with E-state index < -0.39 is 0 Å². The minimum absolute atomic E-state index is 0.0294. The first-order valence-corrected chi connectivity index (χ1v) is 9.07. The maximum atomic E-state index is 12.4. The van der Waals surface area contributed by atoms with Crippen LogP contribution in [0.2, 0.25) is 5.02 Å². The molecule has 0 saturated carbocycles. The van der Waals surface area contributed by atoms with Crippen molar-refractivity contribution in [3.63, 3.8) is 0 Å². The lowest BCUT2D eigenvalue weighted by Gasteiger charge is -2.30. The lowest BCUT2D eigenvalue weighted by Crippen LogP contribution is -2.40. The summed E-state index contributed by atoms with van der Waals surface area (Å²) in [5.41, 5.74) is 1.61. The molecule has 0 unspecified atom stereocenters. The van der Waals surface area contributed by atoms with Crippen LogP contribution >= 0.6 is 22.9 Å². The number of halogens is 1. The number of likely N-dealkylation sites (tertiary alicyclic amines) is 1. The van der Waals surface area contributed by atoms with Crippen LogP contribution < -0.4 is 5.32 Å². The second kappa shape index (κ2) is 7.32. The van der Waals surface area contributed by atoms with Gasteiger partial charge < -0.3 is 10.2 Å². The van der Waals surface area contributed by atoms with Crippen molar-refractivity contribution >= 4 is 39.9 Å². The molecule has 1 aromatic carbocycles. The molecule has 2 amide bonds. The molecule has 1 saturated heterocycles. The average Bonchev–Trinajstić information content (AvgIpc) is 3.03. The van der Waals surface area contributed by atoms with Gasteiger partial charge in [-0.1, -0.05) is 29.8 Å². The van der Waals surface area contributed by atoms with E-state index in [-0.39, 0.29) is 17.7 Å². The zero-order valence-corrected chi connectivity index (χ0v) is 14.9. The number of carbonyl (C=O) groups is 2. The summed E-state index contributed by atoms with van der Waals surface area (Å²) in [7, 11) is 0. The van der Waals surface area contributed by atoms with E-state index in [9.17, 15) is 9.59 Å². The van der Waals surface area contributed by atoms with Crippen LogP contribution in [0.3, 0.4) is 0 Å². The Morgan fingerprint density at radius 1 is 1.29 bits per heavy atom. The number of aromatic nitrogens is 1. The molecule has 3 rings (SSSR count). The van der Waals surface area contributed by atoms with Crippen molar-refractivity contribution in [1.29, 1.82) is 0 Å². The molecule has 0 spiro atoms. The maximum Gasteiger partial charge on any atom is 0.229 e. The summed E-state index contributed by atoms with van der Waals surface area (Å²) in [6.45, 7) is 2.83. The third-order valence-electron chi connectivity index (χ3n) is 4.20. The first kappa shape index (κ1) is 16.9. The quantitative estimate of drug-likeness (QED) is 0.905. The molecule has 0 bridgehead atoms. The number of anilines is 1. The fraction of sp³-hybridized carbons (Fsp3) is 0.353. The Morgan fingerprint density at radius 2 is 2.00 bits per heavy atom. The second-order valence-corrected chi connectivity index (χ2v) is 7.05. The Balaban J connectivity index is 1.62. The number of thiazole rings is 1. The van der Waals surface area contributed by atoms with Gasteiger partial charge in [0, 0.05) is 41.9 Å². The minimum Gasteiger partial charge on any atom is -0.343 e. The topological polar surface area (TPSA) is 62.3 Å². The number of benzene rings is 1. The van der Waals surface area contributed by atoms with Gasteiger partial charge in [-0.25, -0.2) is 4.98 Å². The number of hydrogen-bond acceptors (Lipinski definition) is 4. The van der Waals surface area contributed by atoms with E-state index in [1.807, 2.05) is 29.6 Å². The van der Waals surface area contributed by atoms with Gasteiger partial charge in [-0.05, 0) is 18.9 Å². The van der Waals surface area contributed by atoms with Gasteiger partial charge >= 0.3 is 0 Å². The van der Waals surface area contributed by atoms with Crippen molar-refractivity contribution in [2.45, 2.75) is 19.8 Å². The van der Waals surface area contributed by atoms with Crippen LogP contribution in [0.5, 0.6) is 0 Å². The van der Waals surface area contributed by atoms with Crippen molar-refractivity contribution < 1.29 is 9.59 Å². The van der Waals surface area contributed by atoms with E-state index in [1.165, 1.54) is 11.3 Å². The Hall–Kier alpha value is -1.92. The fourth-order valence-corrected chi connectivity index (χ4v) is 3.73. The van der Waals surface area contributed by atoms with Crippen molar-refractivity contribution in [3.05, 3.63) is 34.7 Å². The van der Waals surface area contributed by atoms with Crippen molar-refractivity contribution in [1.82, 2.24) is 9.88 Å². The first-order chi connectivity index (χ1) is 11.5. The highest BCUT2D eigenvalue weighted by Gasteiger charge is 2.26. The molecule has 1 aromatic heterocycles. The molecular weight excluding hydrogens is 346 g/mol. The SMILES string of the molecule is CC(=O)N1CCC(C(=O)Nc2nc(-c3ccccc3Cl)cs2)CC1. The van der Waals surface area contributed by atoms with Crippen LogP contribution in [-0.4, -0.2) is 34.8 Å². The standard InChI is InChI=1S/C17H18ClN3O2S/c1-11(22)21-8-6-12(7-9-21)16(23)20-17-19-15(10-24-17)13-4-2-3-5-14(13)18/h2-5,10,12H,6-9H2,1H3,(H,19,20,23). The molecule has 0 radical (unpaired) electrons. The molecule has 126 valence electrons. The summed E-state index contributed by atoms with van der Waals surface area (Å²) in [5.74, 6) is -0.0373. The summed E-state index contributed by atoms with van der Waals surface area (Å²) in [4.78, 5) is 30.0. The second-order valence-electron chi connectivity index (χ2n) is 5.79. The molecule has 2 heterocycles. The molecule has 0 aliphatic carbocycles. The first-order valence-electron chi connectivity index (χ1n) is 7.81. The fourth-order valence-electron chi connectivity index (χ4n) is 2.79. The number of rotatable bonds is 3. The Bertz CT molecular complexity index is 754. The third-order valence-corrected chi connectivity index (χ3v) is 5.28. The summed E-state index contributed by atoms with van der Waals surface area (Å²) < 4.78 is 0. The van der Waals surface area contributed by atoms with Crippen molar-refractivity contribution in [3.8, 4) is 11.3 Å². The highest BCUT2D eigenvalue weighted by Crippen LogP contribution is 2.30. The molecule has 5 nitrogen and oxygen atoms in total. The van der Waals surface area contributed by atoms with Gasteiger partial charge in [-0.3, -0.25) is 9.59 Å². The summed E-state index contributed by atoms with van der Waals surface area (Å²) >= 11 is 7.56. The predicted octanol–water partition coefficient (Wildman–Crippen LogP) is 3.66. The summed E-state index contributed by atoms with van der Waals surface area (Å²) in [6, 6.07) is 7.49.